The van der Waals surface area contributed by atoms with E-state index in [2.05, 4.69) is 27.7 Å². The van der Waals surface area contributed by atoms with Crippen molar-refractivity contribution in [3.8, 4) is 0 Å². The SMILES string of the molecule is CC(=O)NCc1ccc(C(=O)N2CCN(Cc3cccs3)CC2)cc1. The highest BCUT2D eigenvalue weighted by atomic mass is 32.1. The molecule has 0 bridgehead atoms. The fraction of sp³-hybridized carbons (Fsp3) is 0.368. The number of nitrogens with zero attached hydrogens (tertiary/aromatic N) is 2. The number of rotatable bonds is 5. The Kier molecular flexibility index (Phi) is 5.83. The van der Waals surface area contributed by atoms with Crippen LogP contribution in [-0.2, 0) is 17.9 Å². The Bertz CT molecular complexity index is 705. The van der Waals surface area contributed by atoms with Crippen molar-refractivity contribution in [2.75, 3.05) is 26.2 Å². The molecule has 1 aromatic heterocycles. The zero-order valence-electron chi connectivity index (χ0n) is 14.4. The Morgan fingerprint density at radius 1 is 1.08 bits per heavy atom. The average Bonchev–Trinajstić information content (AvgIpc) is 3.13. The fourth-order valence-electron chi connectivity index (χ4n) is 2.91. The summed E-state index contributed by atoms with van der Waals surface area (Å²) in [5.41, 5.74) is 1.70. The Balaban J connectivity index is 1.51. The van der Waals surface area contributed by atoms with Gasteiger partial charge in [-0.2, -0.15) is 0 Å². The zero-order chi connectivity index (χ0) is 17.6. The Labute approximate surface area is 152 Å². The van der Waals surface area contributed by atoms with E-state index < -0.39 is 0 Å². The van der Waals surface area contributed by atoms with E-state index in [1.807, 2.05) is 29.2 Å². The summed E-state index contributed by atoms with van der Waals surface area (Å²) < 4.78 is 0. The van der Waals surface area contributed by atoms with E-state index in [1.165, 1.54) is 11.8 Å². The van der Waals surface area contributed by atoms with Crippen LogP contribution in [0.15, 0.2) is 41.8 Å². The molecule has 0 saturated carbocycles. The minimum absolute atomic E-state index is 0.0550. The number of hydrogen-bond acceptors (Lipinski definition) is 4. The van der Waals surface area contributed by atoms with Crippen molar-refractivity contribution in [1.29, 1.82) is 0 Å². The number of carbonyl (C=O) groups is 2. The van der Waals surface area contributed by atoms with E-state index in [9.17, 15) is 9.59 Å². The molecule has 6 heteroatoms. The lowest BCUT2D eigenvalue weighted by Gasteiger charge is -2.34. The number of benzene rings is 1. The van der Waals surface area contributed by atoms with Gasteiger partial charge in [-0.05, 0) is 29.1 Å². The minimum Gasteiger partial charge on any atom is -0.352 e. The van der Waals surface area contributed by atoms with Gasteiger partial charge in [0, 0.05) is 56.6 Å². The third-order valence-corrected chi connectivity index (χ3v) is 5.22. The molecule has 1 saturated heterocycles. The molecule has 2 heterocycles. The van der Waals surface area contributed by atoms with Crippen LogP contribution in [0.4, 0.5) is 0 Å². The van der Waals surface area contributed by atoms with Crippen LogP contribution in [0.3, 0.4) is 0 Å². The van der Waals surface area contributed by atoms with Crippen LogP contribution in [-0.4, -0.2) is 47.8 Å². The van der Waals surface area contributed by atoms with E-state index >= 15 is 0 Å². The number of carbonyl (C=O) groups excluding carboxylic acids is 2. The van der Waals surface area contributed by atoms with E-state index in [0.717, 1.165) is 38.3 Å². The van der Waals surface area contributed by atoms with Gasteiger partial charge in [-0.25, -0.2) is 0 Å². The van der Waals surface area contributed by atoms with E-state index in [-0.39, 0.29) is 11.8 Å². The molecule has 0 unspecified atom stereocenters. The summed E-state index contributed by atoms with van der Waals surface area (Å²) in [5.74, 6) is 0.0300. The van der Waals surface area contributed by atoms with Gasteiger partial charge < -0.3 is 10.2 Å². The second kappa shape index (κ2) is 8.27. The Morgan fingerprint density at radius 2 is 1.80 bits per heavy atom. The van der Waals surface area contributed by atoms with Gasteiger partial charge in [-0.3, -0.25) is 14.5 Å². The van der Waals surface area contributed by atoms with Crippen LogP contribution in [0.5, 0.6) is 0 Å². The van der Waals surface area contributed by atoms with Crippen molar-refractivity contribution < 1.29 is 9.59 Å². The fourth-order valence-corrected chi connectivity index (χ4v) is 3.65. The van der Waals surface area contributed by atoms with E-state index in [0.29, 0.717) is 12.1 Å². The molecular formula is C19H23N3O2S. The molecule has 25 heavy (non-hydrogen) atoms. The molecule has 5 nitrogen and oxygen atoms in total. The molecule has 0 spiro atoms. The zero-order valence-corrected chi connectivity index (χ0v) is 15.2. The van der Waals surface area contributed by atoms with Gasteiger partial charge >= 0.3 is 0 Å². The molecule has 1 aromatic carbocycles. The number of hydrogen-bond donors (Lipinski definition) is 1. The predicted molar refractivity (Wildman–Crippen MR) is 99.5 cm³/mol. The first-order valence-corrected chi connectivity index (χ1v) is 9.37. The van der Waals surface area contributed by atoms with Gasteiger partial charge in [-0.1, -0.05) is 18.2 Å². The maximum atomic E-state index is 12.6. The molecule has 1 fully saturated rings. The molecule has 0 aliphatic carbocycles. The van der Waals surface area contributed by atoms with Gasteiger partial charge in [0.05, 0.1) is 0 Å². The van der Waals surface area contributed by atoms with Gasteiger partial charge in [0.2, 0.25) is 5.91 Å². The largest absolute Gasteiger partial charge is 0.352 e. The maximum Gasteiger partial charge on any atom is 0.253 e. The first-order chi connectivity index (χ1) is 12.1. The smallest absolute Gasteiger partial charge is 0.253 e. The van der Waals surface area contributed by atoms with E-state index in [4.69, 9.17) is 0 Å². The third-order valence-electron chi connectivity index (χ3n) is 4.36. The van der Waals surface area contributed by atoms with Crippen LogP contribution in [0.1, 0.15) is 27.7 Å². The van der Waals surface area contributed by atoms with Gasteiger partial charge in [-0.15, -0.1) is 11.3 Å². The molecule has 0 atom stereocenters. The first-order valence-electron chi connectivity index (χ1n) is 8.49. The van der Waals surface area contributed by atoms with Gasteiger partial charge in [0.25, 0.3) is 5.91 Å². The van der Waals surface area contributed by atoms with E-state index in [1.54, 1.807) is 11.3 Å². The second-order valence-electron chi connectivity index (χ2n) is 6.25. The summed E-state index contributed by atoms with van der Waals surface area (Å²) in [5, 5.41) is 4.86. The van der Waals surface area contributed by atoms with Gasteiger partial charge in [0.15, 0.2) is 0 Å². The molecule has 0 radical (unpaired) electrons. The van der Waals surface area contributed by atoms with Crippen molar-refractivity contribution in [3.05, 3.63) is 57.8 Å². The summed E-state index contributed by atoms with van der Waals surface area (Å²) in [4.78, 5) is 29.3. The third kappa shape index (κ3) is 4.90. The molecular weight excluding hydrogens is 334 g/mol. The number of nitrogens with one attached hydrogen (secondary N) is 1. The van der Waals surface area contributed by atoms with Crippen molar-refractivity contribution in [3.63, 3.8) is 0 Å². The highest BCUT2D eigenvalue weighted by Gasteiger charge is 2.22. The number of thiophene rings is 1. The average molecular weight is 357 g/mol. The van der Waals surface area contributed by atoms with Crippen molar-refractivity contribution in [2.45, 2.75) is 20.0 Å². The summed E-state index contributed by atoms with van der Waals surface area (Å²) in [6.07, 6.45) is 0. The van der Waals surface area contributed by atoms with Gasteiger partial charge in [0.1, 0.15) is 0 Å². The highest BCUT2D eigenvalue weighted by molar-refractivity contribution is 7.09. The summed E-state index contributed by atoms with van der Waals surface area (Å²) >= 11 is 1.78. The highest BCUT2D eigenvalue weighted by Crippen LogP contribution is 2.15. The molecule has 132 valence electrons. The Hall–Kier alpha value is -2.18. The second-order valence-corrected chi connectivity index (χ2v) is 7.29. The van der Waals surface area contributed by atoms with Crippen molar-refractivity contribution in [2.24, 2.45) is 0 Å². The monoisotopic (exact) mass is 357 g/mol. The maximum absolute atomic E-state index is 12.6. The minimum atomic E-state index is -0.0550. The van der Waals surface area contributed by atoms with Crippen LogP contribution in [0.2, 0.25) is 0 Å². The number of piperazine rings is 1. The summed E-state index contributed by atoms with van der Waals surface area (Å²) in [6.45, 7) is 6.29. The summed E-state index contributed by atoms with van der Waals surface area (Å²) in [7, 11) is 0. The topological polar surface area (TPSA) is 52.7 Å². The quantitative estimate of drug-likeness (QED) is 0.894. The first kappa shape index (κ1) is 17.6. The standard InChI is InChI=1S/C19H23N3O2S/c1-15(23)20-13-16-4-6-17(7-5-16)19(24)22-10-8-21(9-11-22)14-18-3-2-12-25-18/h2-7,12H,8-11,13-14H2,1H3,(H,20,23). The lowest BCUT2D eigenvalue weighted by molar-refractivity contribution is -0.119. The predicted octanol–water partition coefficient (Wildman–Crippen LogP) is 2.34. The molecule has 1 aliphatic heterocycles. The number of amides is 2. The normalized spacial score (nSPS) is 15.2. The summed E-state index contributed by atoms with van der Waals surface area (Å²) in [6, 6.07) is 11.7. The molecule has 2 amide bonds. The Morgan fingerprint density at radius 3 is 2.40 bits per heavy atom. The molecule has 3 rings (SSSR count). The molecule has 2 aromatic rings. The van der Waals surface area contributed by atoms with Crippen LogP contribution in [0.25, 0.3) is 0 Å². The molecule has 1 aliphatic rings. The van der Waals surface area contributed by atoms with Crippen LogP contribution in [0, 0.1) is 0 Å². The van der Waals surface area contributed by atoms with Crippen molar-refractivity contribution >= 4 is 23.2 Å². The van der Waals surface area contributed by atoms with Crippen LogP contribution >= 0.6 is 11.3 Å². The lowest BCUT2D eigenvalue weighted by atomic mass is 10.1. The van der Waals surface area contributed by atoms with Crippen molar-refractivity contribution in [1.82, 2.24) is 15.1 Å². The van der Waals surface area contributed by atoms with Crippen LogP contribution < -0.4 is 5.32 Å². The lowest BCUT2D eigenvalue weighted by Crippen LogP contribution is -2.48. The molecule has 1 N–H and O–H groups in total.